The van der Waals surface area contributed by atoms with Crippen LogP contribution in [0.15, 0.2) is 58.7 Å². The number of hydrogen-bond acceptors (Lipinski definition) is 12. The first kappa shape index (κ1) is 26.0. The van der Waals surface area contributed by atoms with Gasteiger partial charge in [0.05, 0.1) is 0 Å². The van der Waals surface area contributed by atoms with Gasteiger partial charge in [-0.3, -0.25) is 0 Å². The van der Waals surface area contributed by atoms with Gasteiger partial charge < -0.3 is 0 Å². The molecule has 0 saturated heterocycles. The third-order valence-electron chi connectivity index (χ3n) is 7.19. The van der Waals surface area contributed by atoms with E-state index in [4.69, 9.17) is 152 Å². The molecule has 7 rings (SSSR count). The molecule has 0 aliphatic heterocycles. The lowest BCUT2D eigenvalue weighted by molar-refractivity contribution is 1.21. The first-order valence-electron chi connectivity index (χ1n) is 10.2. The fourth-order valence-electron chi connectivity index (χ4n) is 5.76. The topological polar surface area (TPSA) is 0 Å². The summed E-state index contributed by atoms with van der Waals surface area (Å²) in [5, 5.41) is 11.1. The lowest BCUT2D eigenvalue weighted by Gasteiger charge is -2.29. The third kappa shape index (κ3) is 2.78. The molecule has 0 amide bonds. The van der Waals surface area contributed by atoms with Gasteiger partial charge in [-0.2, -0.15) is 0 Å². The van der Waals surface area contributed by atoms with Crippen LogP contribution >= 0.6 is 152 Å². The Kier molecular flexibility index (Phi) is 6.01. The predicted molar refractivity (Wildman–Crippen MR) is 192 cm³/mol. The monoisotopic (exact) mass is 684 g/mol. The van der Waals surface area contributed by atoms with Crippen molar-refractivity contribution in [3.8, 4) is 0 Å². The standard InChI is InChI=1S/C24H12S12/c25-13-7-1-2-4-6-5-3(1)9(16(28)14(7)26)18(30)20(32)11(5)22(34)24(36)12(6)23(35)21(33)10(4)19(31)17(29)8(2)15(13)27/h25-36H. The maximum Gasteiger partial charge on any atom is 0.0271 e. The first-order valence-corrected chi connectivity index (χ1v) is 15.5. The Labute approximate surface area is 271 Å². The zero-order valence-electron chi connectivity index (χ0n) is 17.4. The maximum atomic E-state index is 4.93. The molecule has 0 N–H and O–H groups in total. The second-order valence-corrected chi connectivity index (χ2v) is 14.0. The van der Waals surface area contributed by atoms with Gasteiger partial charge in [0.15, 0.2) is 0 Å². The smallest absolute Gasteiger partial charge is 0.0271 e. The third-order valence-corrected chi connectivity index (χ3v) is 13.6. The Morgan fingerprint density at radius 3 is 0.306 bits per heavy atom. The first-order chi connectivity index (χ1) is 16.9. The molecule has 180 valence electrons. The summed E-state index contributed by atoms with van der Waals surface area (Å²) in [4.78, 5) is 8.36. The van der Waals surface area contributed by atoms with Crippen molar-refractivity contribution in [3.05, 3.63) is 0 Å². The summed E-state index contributed by atoms with van der Waals surface area (Å²) in [5.74, 6) is 0. The van der Waals surface area contributed by atoms with E-state index >= 15 is 0 Å². The van der Waals surface area contributed by atoms with Gasteiger partial charge in [0, 0.05) is 123 Å². The normalized spacial score (nSPS) is 13.0. The number of thiol groups is 12. The molecular weight excluding hydrogens is 673 g/mol. The van der Waals surface area contributed by atoms with E-state index in [-0.39, 0.29) is 0 Å². The molecule has 0 fully saturated rings. The van der Waals surface area contributed by atoms with Gasteiger partial charge in [0.1, 0.15) is 0 Å². The van der Waals surface area contributed by atoms with E-state index in [0.717, 1.165) is 64.6 Å². The highest BCUT2D eigenvalue weighted by Crippen LogP contribution is 2.61. The van der Waals surface area contributed by atoms with Crippen LogP contribution in [0.4, 0.5) is 0 Å². The van der Waals surface area contributed by atoms with Crippen molar-refractivity contribution in [1.82, 2.24) is 0 Å². The molecule has 0 aliphatic rings. The van der Waals surface area contributed by atoms with Crippen LogP contribution in [-0.4, -0.2) is 0 Å². The van der Waals surface area contributed by atoms with Crippen LogP contribution in [0.2, 0.25) is 0 Å². The van der Waals surface area contributed by atoms with Crippen molar-refractivity contribution in [2.45, 2.75) is 58.7 Å². The van der Waals surface area contributed by atoms with Crippen molar-refractivity contribution < 1.29 is 0 Å². The van der Waals surface area contributed by atoms with Crippen molar-refractivity contribution >= 4 is 216 Å². The summed E-state index contributed by atoms with van der Waals surface area (Å²) < 4.78 is 0. The molecule has 7 aromatic carbocycles. The second-order valence-electron chi connectivity index (χ2n) is 8.68. The fourth-order valence-corrected chi connectivity index (χ4v) is 10.3. The minimum absolute atomic E-state index is 0.697. The van der Waals surface area contributed by atoms with Gasteiger partial charge >= 0.3 is 0 Å². The number of hydrogen-bond donors (Lipinski definition) is 12. The highest BCUT2D eigenvalue weighted by molar-refractivity contribution is 7.86. The number of rotatable bonds is 0. The largest absolute Gasteiger partial charge is 0.142 e. The van der Waals surface area contributed by atoms with Crippen molar-refractivity contribution in [2.24, 2.45) is 0 Å². The van der Waals surface area contributed by atoms with Crippen LogP contribution in [0.3, 0.4) is 0 Å². The van der Waals surface area contributed by atoms with Gasteiger partial charge in [0.2, 0.25) is 0 Å². The molecule has 0 heterocycles. The van der Waals surface area contributed by atoms with E-state index in [1.807, 2.05) is 0 Å². The molecule has 0 nitrogen and oxygen atoms in total. The highest BCUT2D eigenvalue weighted by Gasteiger charge is 2.32. The van der Waals surface area contributed by atoms with Gasteiger partial charge in [-0.1, -0.05) is 0 Å². The molecule has 0 unspecified atom stereocenters. The molecule has 7 aromatic rings. The quantitative estimate of drug-likeness (QED) is 0.0418. The summed E-state index contributed by atoms with van der Waals surface area (Å²) in [7, 11) is 0. The molecule has 0 aliphatic carbocycles. The fraction of sp³-hybridized carbons (Fsp3) is 0. The van der Waals surface area contributed by atoms with Crippen LogP contribution in [0.5, 0.6) is 0 Å². The average Bonchev–Trinajstić information content (AvgIpc) is 2.83. The Morgan fingerprint density at radius 2 is 0.222 bits per heavy atom. The summed E-state index contributed by atoms with van der Waals surface area (Å²) in [6.45, 7) is 0. The Bertz CT molecular complexity index is 1640. The van der Waals surface area contributed by atoms with Crippen LogP contribution < -0.4 is 0 Å². The molecule has 36 heavy (non-hydrogen) atoms. The Morgan fingerprint density at radius 1 is 0.139 bits per heavy atom. The zero-order valence-corrected chi connectivity index (χ0v) is 28.1. The van der Waals surface area contributed by atoms with E-state index in [0.29, 0.717) is 58.7 Å². The second kappa shape index (κ2) is 8.31. The maximum absolute atomic E-state index is 4.93. The minimum Gasteiger partial charge on any atom is -0.142 e. The molecule has 12 heteroatoms. The van der Waals surface area contributed by atoms with Crippen LogP contribution in [0.1, 0.15) is 0 Å². The summed E-state index contributed by atoms with van der Waals surface area (Å²) >= 11 is 59.2. The van der Waals surface area contributed by atoms with Crippen molar-refractivity contribution in [2.75, 3.05) is 0 Å². The van der Waals surface area contributed by atoms with Gasteiger partial charge in [0.25, 0.3) is 0 Å². The average molecular weight is 685 g/mol. The number of benzene rings is 7. The van der Waals surface area contributed by atoms with Crippen LogP contribution in [0.25, 0.3) is 64.6 Å². The Balaban J connectivity index is 2.14. The molecule has 0 radical (unpaired) electrons. The molecule has 0 atom stereocenters. The minimum atomic E-state index is 0.697. The summed E-state index contributed by atoms with van der Waals surface area (Å²) in [6.07, 6.45) is 0. The Hall–Kier alpha value is 1.08. The predicted octanol–water partition coefficient (Wildman–Crippen LogP) is 10.4. The van der Waals surface area contributed by atoms with E-state index in [1.54, 1.807) is 0 Å². The SMILES string of the molecule is Sc1c(S)c2c(S)c(S)c3c(S)c(S)c4c(S)c(S)c5c(S)c(S)c6c(S)c(S)c1c1c2c3c4c5c61. The van der Waals surface area contributed by atoms with E-state index < -0.39 is 0 Å². The summed E-state index contributed by atoms with van der Waals surface area (Å²) in [5.41, 5.74) is 0. The van der Waals surface area contributed by atoms with Gasteiger partial charge in [-0.25, -0.2) is 0 Å². The van der Waals surface area contributed by atoms with E-state index in [2.05, 4.69) is 0 Å². The van der Waals surface area contributed by atoms with E-state index in [1.165, 1.54) is 0 Å². The molecular formula is C24H12S12. The van der Waals surface area contributed by atoms with Crippen molar-refractivity contribution in [3.63, 3.8) is 0 Å². The van der Waals surface area contributed by atoms with Crippen LogP contribution in [0, 0.1) is 0 Å². The van der Waals surface area contributed by atoms with Gasteiger partial charge in [-0.15, -0.1) is 152 Å². The molecule has 0 bridgehead atoms. The highest BCUT2D eigenvalue weighted by atomic mass is 32.1. The lowest BCUT2D eigenvalue weighted by atomic mass is 9.82. The molecule has 0 spiro atoms. The van der Waals surface area contributed by atoms with E-state index in [9.17, 15) is 0 Å². The van der Waals surface area contributed by atoms with Crippen LogP contribution in [-0.2, 0) is 0 Å². The molecule has 0 aromatic heterocycles. The zero-order chi connectivity index (χ0) is 25.9. The lowest BCUT2D eigenvalue weighted by Crippen LogP contribution is -2.01. The summed E-state index contributed by atoms with van der Waals surface area (Å²) in [6, 6.07) is 0. The van der Waals surface area contributed by atoms with Crippen molar-refractivity contribution in [1.29, 1.82) is 0 Å². The van der Waals surface area contributed by atoms with Gasteiger partial charge in [-0.05, 0) is 0 Å². The molecule has 0 saturated carbocycles.